The highest BCUT2D eigenvalue weighted by atomic mass is 16.5. The molecule has 0 heterocycles. The molecule has 1 atom stereocenters. The van der Waals surface area contributed by atoms with E-state index >= 15 is 0 Å². The molecule has 4 nitrogen and oxygen atoms in total. The van der Waals surface area contributed by atoms with E-state index in [2.05, 4.69) is 11.4 Å². The number of hydrogen-bond acceptors (Lipinski definition) is 3. The lowest BCUT2D eigenvalue weighted by molar-refractivity contribution is -0.127. The molecule has 0 spiro atoms. The molecule has 1 amide bonds. The van der Waals surface area contributed by atoms with Crippen molar-refractivity contribution >= 4 is 5.91 Å². The first-order chi connectivity index (χ1) is 11.7. The minimum Gasteiger partial charge on any atom is -0.494 e. The largest absolute Gasteiger partial charge is 0.494 e. The van der Waals surface area contributed by atoms with Gasteiger partial charge in [-0.3, -0.25) is 4.79 Å². The summed E-state index contributed by atoms with van der Waals surface area (Å²) in [5, 5.41) is 2.92. The summed E-state index contributed by atoms with van der Waals surface area (Å²) in [5.41, 5.74) is 1.17. The molecule has 0 fully saturated rings. The van der Waals surface area contributed by atoms with Gasteiger partial charge in [-0.05, 0) is 50.5 Å². The Morgan fingerprint density at radius 3 is 2.54 bits per heavy atom. The van der Waals surface area contributed by atoms with Crippen LogP contribution >= 0.6 is 0 Å². The van der Waals surface area contributed by atoms with Crippen LogP contribution in [0.4, 0.5) is 0 Å². The molecule has 128 valence electrons. The third-order valence-corrected chi connectivity index (χ3v) is 3.62. The Labute approximate surface area is 143 Å². The van der Waals surface area contributed by atoms with Crippen LogP contribution in [0.1, 0.15) is 25.8 Å². The molecule has 2 rings (SSSR count). The second-order valence-corrected chi connectivity index (χ2v) is 5.51. The highest BCUT2D eigenvalue weighted by Gasteiger charge is 2.13. The average molecular weight is 327 g/mol. The van der Waals surface area contributed by atoms with Crippen LogP contribution in [0.25, 0.3) is 0 Å². The summed E-state index contributed by atoms with van der Waals surface area (Å²) >= 11 is 0. The first-order valence-corrected chi connectivity index (χ1v) is 8.41. The molecular weight excluding hydrogens is 302 g/mol. The standard InChI is InChI=1S/C20H25NO3/c1-3-23-19-14-8-7-10-17(19)11-9-15-21-20(22)16(2)24-18-12-5-4-6-13-18/h4-8,10,12-14,16H,3,9,11,15H2,1-2H3,(H,21,22)/t16-/m1/s1. The molecule has 0 radical (unpaired) electrons. The molecule has 1 N–H and O–H groups in total. The van der Waals surface area contributed by atoms with E-state index < -0.39 is 6.10 Å². The molecule has 2 aromatic carbocycles. The lowest BCUT2D eigenvalue weighted by atomic mass is 10.1. The van der Waals surface area contributed by atoms with Gasteiger partial charge in [-0.1, -0.05) is 36.4 Å². The molecule has 0 aromatic heterocycles. The SMILES string of the molecule is CCOc1ccccc1CCCNC(=O)[C@@H](C)Oc1ccccc1. The van der Waals surface area contributed by atoms with Gasteiger partial charge < -0.3 is 14.8 Å². The van der Waals surface area contributed by atoms with Crippen molar-refractivity contribution in [3.8, 4) is 11.5 Å². The van der Waals surface area contributed by atoms with Crippen LogP contribution in [-0.4, -0.2) is 25.2 Å². The number of para-hydroxylation sites is 2. The Morgan fingerprint density at radius 1 is 1.08 bits per heavy atom. The molecular formula is C20H25NO3. The lowest BCUT2D eigenvalue weighted by Gasteiger charge is -2.15. The van der Waals surface area contributed by atoms with Crippen molar-refractivity contribution in [3.05, 3.63) is 60.2 Å². The number of nitrogens with one attached hydrogen (secondary N) is 1. The van der Waals surface area contributed by atoms with Gasteiger partial charge in [-0.2, -0.15) is 0 Å². The van der Waals surface area contributed by atoms with Crippen LogP contribution in [0.2, 0.25) is 0 Å². The number of amides is 1. The highest BCUT2D eigenvalue weighted by Crippen LogP contribution is 2.19. The topological polar surface area (TPSA) is 47.6 Å². The summed E-state index contributed by atoms with van der Waals surface area (Å²) in [6.45, 7) is 5.00. The van der Waals surface area contributed by atoms with Gasteiger partial charge in [0.1, 0.15) is 11.5 Å². The Morgan fingerprint density at radius 2 is 1.79 bits per heavy atom. The van der Waals surface area contributed by atoms with E-state index in [9.17, 15) is 4.79 Å². The fraction of sp³-hybridized carbons (Fsp3) is 0.350. The summed E-state index contributed by atoms with van der Waals surface area (Å²) in [7, 11) is 0. The predicted molar refractivity (Wildman–Crippen MR) is 95.5 cm³/mol. The van der Waals surface area contributed by atoms with E-state index in [0.29, 0.717) is 18.9 Å². The van der Waals surface area contributed by atoms with E-state index in [0.717, 1.165) is 18.6 Å². The second-order valence-electron chi connectivity index (χ2n) is 5.51. The zero-order chi connectivity index (χ0) is 17.2. The summed E-state index contributed by atoms with van der Waals surface area (Å²) in [4.78, 5) is 12.1. The van der Waals surface area contributed by atoms with Crippen molar-refractivity contribution in [3.63, 3.8) is 0 Å². The maximum Gasteiger partial charge on any atom is 0.260 e. The number of carbonyl (C=O) groups excluding carboxylic acids is 1. The van der Waals surface area contributed by atoms with Crippen LogP contribution < -0.4 is 14.8 Å². The van der Waals surface area contributed by atoms with Crippen molar-refractivity contribution in [1.29, 1.82) is 0 Å². The van der Waals surface area contributed by atoms with Crippen molar-refractivity contribution in [2.45, 2.75) is 32.8 Å². The van der Waals surface area contributed by atoms with E-state index in [1.165, 1.54) is 5.56 Å². The van der Waals surface area contributed by atoms with Gasteiger partial charge in [-0.25, -0.2) is 0 Å². The third-order valence-electron chi connectivity index (χ3n) is 3.62. The molecule has 0 aliphatic carbocycles. The minimum atomic E-state index is -0.511. The van der Waals surface area contributed by atoms with Crippen molar-refractivity contribution < 1.29 is 14.3 Å². The van der Waals surface area contributed by atoms with Crippen molar-refractivity contribution in [2.24, 2.45) is 0 Å². The molecule has 0 bridgehead atoms. The van der Waals surface area contributed by atoms with Crippen LogP contribution in [0.3, 0.4) is 0 Å². The van der Waals surface area contributed by atoms with Crippen LogP contribution in [-0.2, 0) is 11.2 Å². The van der Waals surface area contributed by atoms with Gasteiger partial charge in [0.15, 0.2) is 6.10 Å². The zero-order valence-corrected chi connectivity index (χ0v) is 14.3. The summed E-state index contributed by atoms with van der Waals surface area (Å²) in [6.07, 6.45) is 1.21. The number of carbonyl (C=O) groups is 1. The molecule has 0 unspecified atom stereocenters. The Balaban J connectivity index is 1.73. The smallest absolute Gasteiger partial charge is 0.260 e. The quantitative estimate of drug-likeness (QED) is 0.716. The molecule has 0 saturated heterocycles. The summed E-state index contributed by atoms with van der Waals surface area (Å²) in [6, 6.07) is 17.4. The third kappa shape index (κ3) is 5.61. The van der Waals surface area contributed by atoms with E-state index in [-0.39, 0.29) is 5.91 Å². The second kappa shape index (κ2) is 9.60. The monoisotopic (exact) mass is 327 g/mol. The zero-order valence-electron chi connectivity index (χ0n) is 14.3. The fourth-order valence-corrected chi connectivity index (χ4v) is 2.40. The van der Waals surface area contributed by atoms with Crippen molar-refractivity contribution in [1.82, 2.24) is 5.32 Å². The maximum absolute atomic E-state index is 12.1. The van der Waals surface area contributed by atoms with Gasteiger partial charge in [0.2, 0.25) is 0 Å². The highest BCUT2D eigenvalue weighted by molar-refractivity contribution is 5.80. The maximum atomic E-state index is 12.1. The minimum absolute atomic E-state index is 0.100. The number of hydrogen-bond donors (Lipinski definition) is 1. The van der Waals surface area contributed by atoms with Crippen LogP contribution in [0, 0.1) is 0 Å². The summed E-state index contributed by atoms with van der Waals surface area (Å²) < 4.78 is 11.2. The first kappa shape index (κ1) is 17.9. The number of rotatable bonds is 9. The Hall–Kier alpha value is -2.49. The molecule has 24 heavy (non-hydrogen) atoms. The van der Waals surface area contributed by atoms with Gasteiger partial charge in [0.25, 0.3) is 5.91 Å². The van der Waals surface area contributed by atoms with Crippen LogP contribution in [0.15, 0.2) is 54.6 Å². The van der Waals surface area contributed by atoms with E-state index in [1.807, 2.05) is 55.5 Å². The van der Waals surface area contributed by atoms with Crippen LogP contribution in [0.5, 0.6) is 11.5 Å². The Kier molecular flexibility index (Phi) is 7.15. The Bertz CT molecular complexity index is 628. The van der Waals surface area contributed by atoms with Crippen molar-refractivity contribution in [2.75, 3.05) is 13.2 Å². The summed E-state index contributed by atoms with van der Waals surface area (Å²) in [5.74, 6) is 1.52. The molecule has 0 aliphatic rings. The number of benzene rings is 2. The first-order valence-electron chi connectivity index (χ1n) is 8.41. The normalized spacial score (nSPS) is 11.6. The molecule has 4 heteroatoms. The van der Waals surface area contributed by atoms with Gasteiger partial charge >= 0.3 is 0 Å². The fourth-order valence-electron chi connectivity index (χ4n) is 2.40. The molecule has 0 aliphatic heterocycles. The predicted octanol–water partition coefficient (Wildman–Crippen LogP) is 3.60. The van der Waals surface area contributed by atoms with Gasteiger partial charge in [0.05, 0.1) is 6.61 Å². The van der Waals surface area contributed by atoms with Gasteiger partial charge in [-0.15, -0.1) is 0 Å². The van der Waals surface area contributed by atoms with Gasteiger partial charge in [0, 0.05) is 6.54 Å². The molecule has 2 aromatic rings. The number of aryl methyl sites for hydroxylation is 1. The number of ether oxygens (including phenoxy) is 2. The van der Waals surface area contributed by atoms with E-state index in [1.54, 1.807) is 6.92 Å². The average Bonchev–Trinajstić information content (AvgIpc) is 2.61. The van der Waals surface area contributed by atoms with E-state index in [4.69, 9.17) is 9.47 Å². The lowest BCUT2D eigenvalue weighted by Crippen LogP contribution is -2.36. The molecule has 0 saturated carbocycles.